The highest BCUT2D eigenvalue weighted by atomic mass is 16.2. The normalized spacial score (nSPS) is 20.2. The smallest absolute Gasteiger partial charge is 0.258 e. The Bertz CT molecular complexity index is 987. The molecule has 2 heterocycles. The molecule has 2 atom stereocenters. The average Bonchev–Trinajstić information content (AvgIpc) is 3.13. The lowest BCUT2D eigenvalue weighted by atomic mass is 9.80. The van der Waals surface area contributed by atoms with Crippen molar-refractivity contribution in [3.8, 4) is 0 Å². The molecule has 134 valence electrons. The zero-order valence-corrected chi connectivity index (χ0v) is 14.8. The number of aryl methyl sites for hydroxylation is 1. The number of carbonyl (C=O) groups excluding carboxylic acids is 1. The van der Waals surface area contributed by atoms with E-state index in [1.165, 1.54) is 12.0 Å². The maximum Gasteiger partial charge on any atom is 0.258 e. The lowest BCUT2D eigenvalue weighted by molar-refractivity contribution is 0.0922. The monoisotopic (exact) mass is 349 g/mol. The van der Waals surface area contributed by atoms with Crippen LogP contribution in [0.3, 0.4) is 0 Å². The number of aromatic amines is 2. The number of benzene rings is 1. The van der Waals surface area contributed by atoms with E-state index in [-0.39, 0.29) is 17.5 Å². The maximum atomic E-state index is 12.9. The van der Waals surface area contributed by atoms with Gasteiger partial charge in [0.15, 0.2) is 0 Å². The van der Waals surface area contributed by atoms with E-state index in [1.54, 1.807) is 12.4 Å². The Balaban J connectivity index is 1.63. The fraction of sp³-hybridized carbons (Fsp3) is 0.333. The van der Waals surface area contributed by atoms with E-state index in [0.717, 1.165) is 30.3 Å². The first kappa shape index (κ1) is 16.6. The number of hydrogen-bond donors (Lipinski definition) is 3. The zero-order valence-electron chi connectivity index (χ0n) is 14.8. The highest BCUT2D eigenvalue weighted by Crippen LogP contribution is 2.33. The second kappa shape index (κ2) is 6.83. The van der Waals surface area contributed by atoms with E-state index in [4.69, 9.17) is 0 Å². The van der Waals surface area contributed by atoms with Crippen molar-refractivity contribution >= 4 is 16.8 Å². The van der Waals surface area contributed by atoms with Crippen LogP contribution in [-0.4, -0.2) is 21.9 Å². The Hall–Kier alpha value is -2.82. The van der Waals surface area contributed by atoms with Crippen LogP contribution in [0, 0.1) is 6.92 Å². The first-order valence-corrected chi connectivity index (χ1v) is 9.20. The summed E-state index contributed by atoms with van der Waals surface area (Å²) in [5.41, 5.74) is 3.09. The molecule has 1 aliphatic carbocycles. The van der Waals surface area contributed by atoms with Crippen molar-refractivity contribution in [3.05, 3.63) is 69.8 Å². The number of H-pyrrole nitrogens is 2. The number of rotatable bonds is 3. The first-order valence-electron chi connectivity index (χ1n) is 9.20. The van der Waals surface area contributed by atoms with Crippen LogP contribution in [0.25, 0.3) is 10.9 Å². The zero-order chi connectivity index (χ0) is 18.1. The molecule has 1 amide bonds. The molecule has 3 aromatic rings. The lowest BCUT2D eigenvalue weighted by Gasteiger charge is -2.32. The molecule has 1 fully saturated rings. The van der Waals surface area contributed by atoms with Gasteiger partial charge in [0.1, 0.15) is 0 Å². The van der Waals surface area contributed by atoms with E-state index in [1.807, 2.05) is 25.1 Å². The molecule has 0 saturated heterocycles. The van der Waals surface area contributed by atoms with Crippen molar-refractivity contribution in [2.75, 3.05) is 0 Å². The number of nitrogens with one attached hydrogen (secondary N) is 3. The molecule has 1 aromatic carbocycles. The van der Waals surface area contributed by atoms with Crippen LogP contribution in [0.1, 0.15) is 53.1 Å². The fourth-order valence-electron chi connectivity index (χ4n) is 4.12. The summed E-state index contributed by atoms with van der Waals surface area (Å²) in [4.78, 5) is 31.0. The van der Waals surface area contributed by atoms with Gasteiger partial charge in [-0.1, -0.05) is 43.2 Å². The van der Waals surface area contributed by atoms with Crippen molar-refractivity contribution in [2.24, 2.45) is 0 Å². The van der Waals surface area contributed by atoms with E-state index in [2.05, 4.69) is 27.4 Å². The van der Waals surface area contributed by atoms with Crippen LogP contribution in [0.5, 0.6) is 0 Å². The molecule has 0 radical (unpaired) electrons. The van der Waals surface area contributed by atoms with Gasteiger partial charge < -0.3 is 15.3 Å². The van der Waals surface area contributed by atoms with Crippen molar-refractivity contribution in [2.45, 2.75) is 44.6 Å². The second-order valence-electron chi connectivity index (χ2n) is 7.13. The number of aromatic nitrogens is 2. The van der Waals surface area contributed by atoms with Gasteiger partial charge in [-0.25, -0.2) is 0 Å². The summed E-state index contributed by atoms with van der Waals surface area (Å²) in [5, 5.41) is 3.64. The van der Waals surface area contributed by atoms with Gasteiger partial charge in [0, 0.05) is 24.4 Å². The Labute approximate surface area is 151 Å². The third-order valence-electron chi connectivity index (χ3n) is 5.48. The molecule has 0 spiro atoms. The first-order chi connectivity index (χ1) is 12.6. The van der Waals surface area contributed by atoms with Crippen LogP contribution in [0.4, 0.5) is 0 Å². The molecule has 1 aliphatic rings. The molecule has 26 heavy (non-hydrogen) atoms. The Morgan fingerprint density at radius 1 is 1.08 bits per heavy atom. The predicted octanol–water partition coefficient (Wildman–Crippen LogP) is 3.62. The van der Waals surface area contributed by atoms with Crippen LogP contribution in [-0.2, 0) is 0 Å². The average molecular weight is 349 g/mol. The van der Waals surface area contributed by atoms with E-state index in [0.29, 0.717) is 16.9 Å². The third kappa shape index (κ3) is 2.94. The highest BCUT2D eigenvalue weighted by Gasteiger charge is 2.29. The summed E-state index contributed by atoms with van der Waals surface area (Å²) in [6, 6.07) is 10.5. The van der Waals surface area contributed by atoms with Crippen LogP contribution in [0.15, 0.2) is 47.5 Å². The van der Waals surface area contributed by atoms with Crippen molar-refractivity contribution in [1.29, 1.82) is 0 Å². The van der Waals surface area contributed by atoms with Gasteiger partial charge in [0.2, 0.25) is 0 Å². The molecular formula is C21H23N3O2. The van der Waals surface area contributed by atoms with Gasteiger partial charge in [-0.3, -0.25) is 9.59 Å². The van der Waals surface area contributed by atoms with Gasteiger partial charge in [0.05, 0.1) is 16.5 Å². The van der Waals surface area contributed by atoms with Gasteiger partial charge >= 0.3 is 0 Å². The highest BCUT2D eigenvalue weighted by molar-refractivity contribution is 6.07. The van der Waals surface area contributed by atoms with E-state index < -0.39 is 0 Å². The largest absolute Gasteiger partial charge is 0.360 e. The van der Waals surface area contributed by atoms with Crippen molar-refractivity contribution in [1.82, 2.24) is 15.3 Å². The van der Waals surface area contributed by atoms with Crippen LogP contribution < -0.4 is 10.9 Å². The van der Waals surface area contributed by atoms with Gasteiger partial charge in [-0.2, -0.15) is 0 Å². The van der Waals surface area contributed by atoms with Crippen LogP contribution in [0.2, 0.25) is 0 Å². The number of carbonyl (C=O) groups is 1. The number of amides is 1. The molecule has 5 heteroatoms. The molecule has 4 rings (SSSR count). The van der Waals surface area contributed by atoms with Crippen LogP contribution >= 0.6 is 0 Å². The molecule has 1 unspecified atom stereocenters. The number of pyridine rings is 1. The van der Waals surface area contributed by atoms with Gasteiger partial charge in [-0.15, -0.1) is 0 Å². The minimum Gasteiger partial charge on any atom is -0.360 e. The summed E-state index contributed by atoms with van der Waals surface area (Å²) in [6.07, 6.45) is 7.63. The fourth-order valence-corrected chi connectivity index (χ4v) is 4.12. The van der Waals surface area contributed by atoms with Gasteiger partial charge in [0.25, 0.3) is 11.5 Å². The van der Waals surface area contributed by atoms with E-state index >= 15 is 0 Å². The predicted molar refractivity (Wildman–Crippen MR) is 103 cm³/mol. The Morgan fingerprint density at radius 3 is 2.65 bits per heavy atom. The van der Waals surface area contributed by atoms with Gasteiger partial charge in [-0.05, 0) is 30.9 Å². The number of hydrogen-bond acceptors (Lipinski definition) is 2. The minimum atomic E-state index is -0.236. The molecule has 0 aliphatic heterocycles. The second-order valence-corrected chi connectivity index (χ2v) is 7.13. The van der Waals surface area contributed by atoms with E-state index in [9.17, 15) is 9.59 Å². The SMILES string of the molecule is Cc1c[nH]c(=O)c2c(C(=O)NC3CCCC[C@@H]3c3ccccc3)c[nH]c12. The molecule has 1 saturated carbocycles. The third-order valence-corrected chi connectivity index (χ3v) is 5.48. The summed E-state index contributed by atoms with van der Waals surface area (Å²) in [7, 11) is 0. The maximum absolute atomic E-state index is 12.9. The molecule has 3 N–H and O–H groups in total. The summed E-state index contributed by atoms with van der Waals surface area (Å²) in [6.45, 7) is 1.91. The molecule has 0 bridgehead atoms. The number of fused-ring (bicyclic) bond motifs is 1. The summed E-state index contributed by atoms with van der Waals surface area (Å²) in [5.74, 6) is 0.138. The Morgan fingerprint density at radius 2 is 1.85 bits per heavy atom. The molecular weight excluding hydrogens is 326 g/mol. The van der Waals surface area contributed by atoms with Crippen molar-refractivity contribution in [3.63, 3.8) is 0 Å². The Kier molecular flexibility index (Phi) is 4.37. The molecule has 5 nitrogen and oxygen atoms in total. The quantitative estimate of drug-likeness (QED) is 0.675. The van der Waals surface area contributed by atoms with Crippen molar-refractivity contribution < 1.29 is 4.79 Å². The summed E-state index contributed by atoms with van der Waals surface area (Å²) < 4.78 is 0. The lowest BCUT2D eigenvalue weighted by Crippen LogP contribution is -2.41. The topological polar surface area (TPSA) is 77.8 Å². The minimum absolute atomic E-state index is 0.0903. The molecule has 2 aromatic heterocycles. The standard InChI is InChI=1S/C21H23N3O2/c1-13-11-23-21(26)18-16(12-22-19(13)18)20(25)24-17-10-6-5-9-15(17)14-7-3-2-4-8-14/h2-4,7-8,11-12,15,17,22H,5-6,9-10H2,1H3,(H,23,26)(H,24,25)/t15-,17?/m1/s1. The summed E-state index contributed by atoms with van der Waals surface area (Å²) >= 11 is 0.